The second-order valence-corrected chi connectivity index (χ2v) is 6.64. The lowest BCUT2D eigenvalue weighted by molar-refractivity contribution is -0.145. The normalized spacial score (nSPS) is 11.6. The van der Waals surface area contributed by atoms with Gasteiger partial charge in [-0.1, -0.05) is 36.8 Å². The maximum Gasteiger partial charge on any atom is 0.310 e. The van der Waals surface area contributed by atoms with Gasteiger partial charge in [0.2, 0.25) is 0 Å². The highest BCUT2D eigenvalue weighted by molar-refractivity contribution is 5.94. The number of ether oxygens (including phenoxy) is 2. The molecule has 0 aliphatic heterocycles. The molecule has 5 heteroatoms. The third-order valence-corrected chi connectivity index (χ3v) is 4.48. The lowest BCUT2D eigenvalue weighted by atomic mass is 10.1. The maximum absolute atomic E-state index is 13.0. The van der Waals surface area contributed by atoms with Crippen molar-refractivity contribution in [2.75, 3.05) is 27.3 Å². The highest BCUT2D eigenvalue weighted by Crippen LogP contribution is 2.15. The van der Waals surface area contributed by atoms with E-state index in [1.165, 1.54) is 7.11 Å². The lowest BCUT2D eigenvalue weighted by Crippen LogP contribution is -2.38. The summed E-state index contributed by atoms with van der Waals surface area (Å²) in [6.45, 7) is 4.56. The average molecular weight is 369 g/mol. The van der Waals surface area contributed by atoms with Crippen LogP contribution in [0.25, 0.3) is 0 Å². The summed E-state index contributed by atoms with van der Waals surface area (Å²) in [7, 11) is 2.99. The molecule has 144 valence electrons. The Kier molecular flexibility index (Phi) is 7.41. The van der Waals surface area contributed by atoms with Gasteiger partial charge in [0.25, 0.3) is 5.91 Å². The first kappa shape index (κ1) is 20.5. The Morgan fingerprint density at radius 2 is 1.78 bits per heavy atom. The van der Waals surface area contributed by atoms with E-state index in [4.69, 9.17) is 9.47 Å². The Morgan fingerprint density at radius 3 is 2.37 bits per heavy atom. The van der Waals surface area contributed by atoms with Gasteiger partial charge in [-0.05, 0) is 43.2 Å². The van der Waals surface area contributed by atoms with Gasteiger partial charge in [0.05, 0.1) is 20.1 Å². The Hall–Kier alpha value is -2.82. The third-order valence-electron chi connectivity index (χ3n) is 4.48. The molecule has 0 radical (unpaired) electrons. The van der Waals surface area contributed by atoms with Gasteiger partial charge in [0.1, 0.15) is 5.75 Å². The molecule has 0 aromatic heterocycles. The molecule has 27 heavy (non-hydrogen) atoms. The molecule has 0 N–H and O–H groups in total. The Labute approximate surface area is 160 Å². The van der Waals surface area contributed by atoms with Crippen molar-refractivity contribution in [3.8, 4) is 5.75 Å². The molecule has 0 bridgehead atoms. The van der Waals surface area contributed by atoms with Gasteiger partial charge < -0.3 is 14.4 Å². The van der Waals surface area contributed by atoms with Crippen LogP contribution in [0.4, 0.5) is 0 Å². The number of benzene rings is 2. The number of esters is 1. The van der Waals surface area contributed by atoms with E-state index in [2.05, 4.69) is 0 Å². The number of methoxy groups -OCH3 is 2. The van der Waals surface area contributed by atoms with Gasteiger partial charge in [-0.15, -0.1) is 0 Å². The summed E-state index contributed by atoms with van der Waals surface area (Å²) in [5, 5.41) is 0. The van der Waals surface area contributed by atoms with Crippen LogP contribution in [0, 0.1) is 12.8 Å². The molecule has 1 atom stereocenters. The zero-order chi connectivity index (χ0) is 19.8. The first-order valence-electron chi connectivity index (χ1n) is 9.01. The van der Waals surface area contributed by atoms with Crippen molar-refractivity contribution in [2.45, 2.75) is 20.3 Å². The second kappa shape index (κ2) is 9.76. The number of amides is 1. The van der Waals surface area contributed by atoms with E-state index in [0.29, 0.717) is 25.1 Å². The highest BCUT2D eigenvalue weighted by atomic mass is 16.5. The quantitative estimate of drug-likeness (QED) is 0.669. The summed E-state index contributed by atoms with van der Waals surface area (Å²) in [5.41, 5.74) is 2.75. The van der Waals surface area contributed by atoms with Crippen LogP contribution in [0.3, 0.4) is 0 Å². The van der Waals surface area contributed by atoms with Crippen molar-refractivity contribution < 1.29 is 19.1 Å². The molecule has 0 fully saturated rings. The Morgan fingerprint density at radius 1 is 1.07 bits per heavy atom. The zero-order valence-corrected chi connectivity index (χ0v) is 16.4. The topological polar surface area (TPSA) is 55.8 Å². The van der Waals surface area contributed by atoms with Gasteiger partial charge in [0.15, 0.2) is 0 Å². The maximum atomic E-state index is 13.0. The van der Waals surface area contributed by atoms with Crippen LogP contribution >= 0.6 is 0 Å². The molecular formula is C22H27NO4. The summed E-state index contributed by atoms with van der Waals surface area (Å²) in [5.74, 6) is 0.00911. The van der Waals surface area contributed by atoms with Gasteiger partial charge in [-0.3, -0.25) is 9.59 Å². The minimum atomic E-state index is -0.389. The monoisotopic (exact) mass is 369 g/mol. The first-order chi connectivity index (χ1) is 12.9. The average Bonchev–Trinajstić information content (AvgIpc) is 2.70. The molecule has 2 rings (SSSR count). The molecule has 0 heterocycles. The minimum Gasteiger partial charge on any atom is -0.497 e. The SMILES string of the molecule is COC(=O)C(C)CN(CCc1ccc(OC)cc1)C(=O)c1cccc(C)c1. The number of carbonyl (C=O) groups is 2. The lowest BCUT2D eigenvalue weighted by Gasteiger charge is -2.25. The molecule has 0 saturated carbocycles. The van der Waals surface area contributed by atoms with Gasteiger partial charge in [-0.25, -0.2) is 0 Å². The van der Waals surface area contributed by atoms with Crippen molar-refractivity contribution in [2.24, 2.45) is 5.92 Å². The van der Waals surface area contributed by atoms with Crippen molar-refractivity contribution in [1.82, 2.24) is 4.90 Å². The number of carbonyl (C=O) groups excluding carboxylic acids is 2. The van der Waals surface area contributed by atoms with Gasteiger partial charge >= 0.3 is 5.97 Å². The number of rotatable bonds is 8. The number of aryl methyl sites for hydroxylation is 1. The van der Waals surface area contributed by atoms with E-state index in [-0.39, 0.29) is 17.8 Å². The standard InChI is InChI=1S/C22H27NO4/c1-16-6-5-7-19(14-16)21(24)23(15-17(2)22(25)27-4)13-12-18-8-10-20(26-3)11-9-18/h5-11,14,17H,12-13,15H2,1-4H3. The van der Waals surface area contributed by atoms with Crippen LogP contribution in [0.1, 0.15) is 28.4 Å². The van der Waals surface area contributed by atoms with Crippen LogP contribution in [0.15, 0.2) is 48.5 Å². The fourth-order valence-corrected chi connectivity index (χ4v) is 2.90. The van der Waals surface area contributed by atoms with Crippen LogP contribution in [-0.4, -0.2) is 44.1 Å². The third kappa shape index (κ3) is 5.84. The largest absolute Gasteiger partial charge is 0.497 e. The summed E-state index contributed by atoms with van der Waals surface area (Å²) < 4.78 is 9.99. The molecule has 5 nitrogen and oxygen atoms in total. The van der Waals surface area contributed by atoms with E-state index in [1.54, 1.807) is 25.0 Å². The van der Waals surface area contributed by atoms with Gasteiger partial charge in [0, 0.05) is 18.7 Å². The number of hydrogen-bond donors (Lipinski definition) is 0. The molecule has 0 aliphatic rings. The predicted octanol–water partition coefficient (Wildman–Crippen LogP) is 3.50. The van der Waals surface area contributed by atoms with E-state index < -0.39 is 0 Å². The Bertz CT molecular complexity index is 770. The van der Waals surface area contributed by atoms with E-state index in [0.717, 1.165) is 16.9 Å². The van der Waals surface area contributed by atoms with Crippen molar-refractivity contribution >= 4 is 11.9 Å². The van der Waals surface area contributed by atoms with E-state index >= 15 is 0 Å². The van der Waals surface area contributed by atoms with Crippen molar-refractivity contribution in [1.29, 1.82) is 0 Å². The molecule has 2 aromatic rings. The second-order valence-electron chi connectivity index (χ2n) is 6.64. The number of nitrogens with zero attached hydrogens (tertiary/aromatic N) is 1. The smallest absolute Gasteiger partial charge is 0.310 e. The van der Waals surface area contributed by atoms with Crippen molar-refractivity contribution in [3.63, 3.8) is 0 Å². The molecule has 0 aliphatic carbocycles. The Balaban J connectivity index is 2.15. The molecule has 1 amide bonds. The van der Waals surface area contributed by atoms with Crippen LogP contribution in [0.2, 0.25) is 0 Å². The van der Waals surface area contributed by atoms with E-state index in [9.17, 15) is 9.59 Å². The fraction of sp³-hybridized carbons (Fsp3) is 0.364. The fourth-order valence-electron chi connectivity index (χ4n) is 2.90. The summed E-state index contributed by atoms with van der Waals surface area (Å²) in [6.07, 6.45) is 0.690. The zero-order valence-electron chi connectivity index (χ0n) is 16.4. The van der Waals surface area contributed by atoms with E-state index in [1.807, 2.05) is 49.4 Å². The summed E-state index contributed by atoms with van der Waals surface area (Å²) >= 11 is 0. The predicted molar refractivity (Wildman–Crippen MR) is 105 cm³/mol. The van der Waals surface area contributed by atoms with Gasteiger partial charge in [-0.2, -0.15) is 0 Å². The number of hydrogen-bond acceptors (Lipinski definition) is 4. The van der Waals surface area contributed by atoms with Crippen molar-refractivity contribution in [3.05, 3.63) is 65.2 Å². The molecule has 0 saturated heterocycles. The summed E-state index contributed by atoms with van der Waals surface area (Å²) in [4.78, 5) is 26.6. The molecular weight excluding hydrogens is 342 g/mol. The van der Waals surface area contributed by atoms with Crippen LogP contribution in [-0.2, 0) is 16.0 Å². The molecule has 0 spiro atoms. The minimum absolute atomic E-state index is 0.0806. The molecule has 1 unspecified atom stereocenters. The highest BCUT2D eigenvalue weighted by Gasteiger charge is 2.22. The molecule has 2 aromatic carbocycles. The van der Waals surface area contributed by atoms with Crippen LogP contribution < -0.4 is 4.74 Å². The first-order valence-corrected chi connectivity index (χ1v) is 9.01. The summed E-state index contributed by atoms with van der Waals surface area (Å²) in [6, 6.07) is 15.3. The van der Waals surface area contributed by atoms with Crippen LogP contribution in [0.5, 0.6) is 5.75 Å².